The Morgan fingerprint density at radius 1 is 1.21 bits per heavy atom. The highest BCUT2D eigenvalue weighted by atomic mass is 32.2. The largest absolute Gasteiger partial charge is 0.396 e. The fourth-order valence-corrected chi connectivity index (χ4v) is 3.93. The first kappa shape index (κ1) is 14.3. The summed E-state index contributed by atoms with van der Waals surface area (Å²) in [4.78, 5) is -0.0994. The summed E-state index contributed by atoms with van der Waals surface area (Å²) >= 11 is 0. The number of hydrogen-bond donors (Lipinski definition) is 2. The topological polar surface area (TPSA) is 72.2 Å². The van der Waals surface area contributed by atoms with Crippen LogP contribution in [0.5, 0.6) is 0 Å². The van der Waals surface area contributed by atoms with Gasteiger partial charge in [0.05, 0.1) is 10.6 Å². The third-order valence-corrected chi connectivity index (χ3v) is 6.00. The monoisotopic (exact) mass is 286 g/mol. The maximum Gasteiger partial charge on any atom is 0.240 e. The highest BCUT2D eigenvalue weighted by Crippen LogP contribution is 2.62. The molecule has 0 unspecified atom stereocenters. The van der Waals surface area contributed by atoms with Crippen LogP contribution in [0.3, 0.4) is 0 Å². The fraction of sp³-hybridized carbons (Fsp3) is 0.538. The van der Waals surface area contributed by atoms with Crippen molar-refractivity contribution in [3.8, 4) is 0 Å². The number of hydrogen-bond acceptors (Lipinski definition) is 3. The predicted molar refractivity (Wildman–Crippen MR) is 72.5 cm³/mol. The lowest BCUT2D eigenvalue weighted by Gasteiger charge is -2.09. The zero-order chi connectivity index (χ0) is 14.6. The van der Waals surface area contributed by atoms with E-state index in [-0.39, 0.29) is 27.5 Å². The van der Waals surface area contributed by atoms with Crippen molar-refractivity contribution >= 4 is 15.7 Å². The first-order valence-electron chi connectivity index (χ1n) is 6.07. The van der Waals surface area contributed by atoms with Crippen LogP contribution in [0, 0.1) is 16.6 Å². The number of nitrogens with one attached hydrogen (secondary N) is 1. The lowest BCUT2D eigenvalue weighted by molar-refractivity contribution is 0.457. The van der Waals surface area contributed by atoms with Crippen molar-refractivity contribution < 1.29 is 12.8 Å². The summed E-state index contributed by atoms with van der Waals surface area (Å²) in [6.07, 6.45) is 0. The van der Waals surface area contributed by atoms with Crippen LogP contribution in [0.15, 0.2) is 23.1 Å². The Morgan fingerprint density at radius 3 is 2.16 bits per heavy atom. The van der Waals surface area contributed by atoms with Gasteiger partial charge in [0.25, 0.3) is 0 Å². The van der Waals surface area contributed by atoms with E-state index >= 15 is 0 Å². The standard InChI is InChI=1S/C13H19FN2O2S/c1-12(2)11(13(12,3)4)16-19(17,18)8-5-6-10(15)9(14)7-8/h5-7,11,16H,15H2,1-4H3. The summed E-state index contributed by atoms with van der Waals surface area (Å²) < 4.78 is 40.4. The number of nitrogens with two attached hydrogens (primary N) is 1. The summed E-state index contributed by atoms with van der Waals surface area (Å²) in [6, 6.07) is 3.35. The van der Waals surface area contributed by atoms with Gasteiger partial charge in [-0.25, -0.2) is 17.5 Å². The fourth-order valence-electron chi connectivity index (χ4n) is 2.39. The molecule has 2 rings (SSSR count). The van der Waals surface area contributed by atoms with E-state index in [1.54, 1.807) is 0 Å². The van der Waals surface area contributed by atoms with Gasteiger partial charge in [0.1, 0.15) is 5.82 Å². The minimum absolute atomic E-state index is 0.0639. The van der Waals surface area contributed by atoms with Crippen LogP contribution >= 0.6 is 0 Å². The molecule has 0 bridgehead atoms. The molecule has 0 spiro atoms. The van der Waals surface area contributed by atoms with E-state index < -0.39 is 15.8 Å². The minimum atomic E-state index is -3.72. The van der Waals surface area contributed by atoms with Gasteiger partial charge in [0, 0.05) is 6.04 Å². The van der Waals surface area contributed by atoms with Gasteiger partial charge in [-0.1, -0.05) is 27.7 Å². The van der Waals surface area contributed by atoms with Crippen LogP contribution in [0.1, 0.15) is 27.7 Å². The molecule has 1 aromatic rings. The molecule has 0 saturated heterocycles. The summed E-state index contributed by atoms with van der Waals surface area (Å²) in [5.41, 5.74) is 5.04. The smallest absolute Gasteiger partial charge is 0.240 e. The summed E-state index contributed by atoms with van der Waals surface area (Å²) in [5.74, 6) is -0.725. The molecule has 1 saturated carbocycles. The molecule has 1 fully saturated rings. The van der Waals surface area contributed by atoms with Gasteiger partial charge >= 0.3 is 0 Å². The Hall–Kier alpha value is -1.14. The van der Waals surface area contributed by atoms with Crippen molar-refractivity contribution in [2.24, 2.45) is 10.8 Å². The molecule has 0 heterocycles. The molecular formula is C13H19FN2O2S. The molecule has 1 aromatic carbocycles. The average molecular weight is 286 g/mol. The second kappa shape index (κ2) is 3.93. The highest BCUT2D eigenvalue weighted by Gasteiger charge is 2.66. The average Bonchev–Trinajstić information content (AvgIpc) is 2.64. The van der Waals surface area contributed by atoms with E-state index in [0.29, 0.717) is 0 Å². The van der Waals surface area contributed by atoms with Gasteiger partial charge < -0.3 is 5.73 Å². The summed E-state index contributed by atoms with van der Waals surface area (Å²) in [6.45, 7) is 8.01. The van der Waals surface area contributed by atoms with Crippen LogP contribution in [0.4, 0.5) is 10.1 Å². The Bertz CT molecular complexity index is 610. The Labute approximate surface area is 113 Å². The van der Waals surface area contributed by atoms with Gasteiger partial charge in [0.15, 0.2) is 0 Å². The first-order valence-corrected chi connectivity index (χ1v) is 7.56. The van der Waals surface area contributed by atoms with Gasteiger partial charge in [-0.15, -0.1) is 0 Å². The zero-order valence-electron chi connectivity index (χ0n) is 11.5. The molecule has 0 aromatic heterocycles. The minimum Gasteiger partial charge on any atom is -0.396 e. The molecular weight excluding hydrogens is 267 g/mol. The van der Waals surface area contributed by atoms with Crippen LogP contribution in [-0.4, -0.2) is 14.5 Å². The van der Waals surface area contributed by atoms with Crippen LogP contribution in [0.25, 0.3) is 0 Å². The Morgan fingerprint density at radius 2 is 1.74 bits per heavy atom. The second-order valence-electron chi connectivity index (χ2n) is 6.18. The van der Waals surface area contributed by atoms with Crippen molar-refractivity contribution in [1.82, 2.24) is 4.72 Å². The first-order chi connectivity index (χ1) is 8.50. The van der Waals surface area contributed by atoms with E-state index in [1.807, 2.05) is 27.7 Å². The van der Waals surface area contributed by atoms with E-state index in [9.17, 15) is 12.8 Å². The molecule has 0 radical (unpaired) electrons. The highest BCUT2D eigenvalue weighted by molar-refractivity contribution is 7.89. The Balaban J connectivity index is 2.28. The number of halogens is 1. The molecule has 19 heavy (non-hydrogen) atoms. The third-order valence-electron chi connectivity index (χ3n) is 4.58. The number of sulfonamides is 1. The molecule has 1 aliphatic rings. The van der Waals surface area contributed by atoms with E-state index in [4.69, 9.17) is 5.73 Å². The van der Waals surface area contributed by atoms with Gasteiger partial charge in [-0.3, -0.25) is 0 Å². The maximum atomic E-state index is 13.3. The van der Waals surface area contributed by atoms with Crippen molar-refractivity contribution in [2.75, 3.05) is 5.73 Å². The molecule has 4 nitrogen and oxygen atoms in total. The predicted octanol–water partition coefficient (Wildman–Crippen LogP) is 2.12. The molecule has 6 heteroatoms. The van der Waals surface area contributed by atoms with Crippen molar-refractivity contribution in [2.45, 2.75) is 38.6 Å². The van der Waals surface area contributed by atoms with Crippen LogP contribution < -0.4 is 10.5 Å². The number of benzene rings is 1. The van der Waals surface area contributed by atoms with Crippen molar-refractivity contribution in [1.29, 1.82) is 0 Å². The summed E-state index contributed by atoms with van der Waals surface area (Å²) in [5, 5.41) is 0. The third kappa shape index (κ3) is 2.12. The molecule has 0 aliphatic heterocycles. The Kier molecular flexibility index (Phi) is 2.95. The van der Waals surface area contributed by atoms with Crippen LogP contribution in [-0.2, 0) is 10.0 Å². The maximum absolute atomic E-state index is 13.3. The quantitative estimate of drug-likeness (QED) is 0.836. The van der Waals surface area contributed by atoms with Crippen molar-refractivity contribution in [3.05, 3.63) is 24.0 Å². The zero-order valence-corrected chi connectivity index (χ0v) is 12.3. The van der Waals surface area contributed by atoms with Crippen LogP contribution in [0.2, 0.25) is 0 Å². The molecule has 3 N–H and O–H groups in total. The number of rotatable bonds is 3. The van der Waals surface area contributed by atoms with E-state index in [2.05, 4.69) is 4.72 Å². The molecule has 106 valence electrons. The lowest BCUT2D eigenvalue weighted by Crippen LogP contribution is -2.30. The molecule has 0 atom stereocenters. The number of nitrogen functional groups attached to an aromatic ring is 1. The van der Waals surface area contributed by atoms with E-state index in [1.165, 1.54) is 12.1 Å². The lowest BCUT2D eigenvalue weighted by atomic mass is 10.0. The van der Waals surface area contributed by atoms with Gasteiger partial charge in [0.2, 0.25) is 10.0 Å². The SMILES string of the molecule is CC1(C)C(NS(=O)(=O)c2ccc(N)c(F)c2)C1(C)C. The van der Waals surface area contributed by atoms with Gasteiger partial charge in [-0.2, -0.15) is 0 Å². The van der Waals surface area contributed by atoms with Gasteiger partial charge in [-0.05, 0) is 29.0 Å². The number of anilines is 1. The molecule has 0 amide bonds. The van der Waals surface area contributed by atoms with Crippen molar-refractivity contribution in [3.63, 3.8) is 0 Å². The van der Waals surface area contributed by atoms with E-state index in [0.717, 1.165) is 6.07 Å². The normalized spacial score (nSPS) is 21.3. The second-order valence-corrected chi connectivity index (χ2v) is 7.89. The summed E-state index contributed by atoms with van der Waals surface area (Å²) in [7, 11) is -3.72. The molecule has 1 aliphatic carbocycles.